The van der Waals surface area contributed by atoms with Gasteiger partial charge in [0.25, 0.3) is 15.6 Å². The second-order valence-electron chi connectivity index (χ2n) is 6.14. The lowest BCUT2D eigenvalue weighted by Gasteiger charge is -2.15. The molecule has 7 heteroatoms. The summed E-state index contributed by atoms with van der Waals surface area (Å²) in [7, 11) is -3.78. The summed E-state index contributed by atoms with van der Waals surface area (Å²) < 4.78 is 28.6. The van der Waals surface area contributed by atoms with E-state index in [0.29, 0.717) is 22.5 Å². The highest BCUT2D eigenvalue weighted by molar-refractivity contribution is 7.92. The molecule has 0 saturated heterocycles. The minimum atomic E-state index is -3.78. The van der Waals surface area contributed by atoms with E-state index in [0.717, 1.165) is 11.1 Å². The van der Waals surface area contributed by atoms with Gasteiger partial charge in [0, 0.05) is 11.6 Å². The highest BCUT2D eigenvalue weighted by Crippen LogP contribution is 2.28. The molecule has 0 aliphatic heterocycles. The standard InChI is InChI=1S/C19H19N3O3S/c1-12-6-4-5-7-16(12)22-26(24,25)18-11-15(10-13(2)14(18)3)17-8-9-19(23)21-20-17/h4-11,22H,1-3H3,(H,21,23). The van der Waals surface area contributed by atoms with Gasteiger partial charge in [-0.15, -0.1) is 0 Å². The van der Waals surface area contributed by atoms with Gasteiger partial charge >= 0.3 is 0 Å². The minimum Gasteiger partial charge on any atom is -0.279 e. The summed E-state index contributed by atoms with van der Waals surface area (Å²) in [4.78, 5) is 11.4. The van der Waals surface area contributed by atoms with Gasteiger partial charge in [-0.1, -0.05) is 18.2 Å². The molecule has 26 heavy (non-hydrogen) atoms. The van der Waals surface area contributed by atoms with Crippen LogP contribution in [0.4, 0.5) is 5.69 Å². The number of para-hydroxylation sites is 1. The first-order valence-corrected chi connectivity index (χ1v) is 9.52. The number of rotatable bonds is 4. The molecule has 0 saturated carbocycles. The fourth-order valence-corrected chi connectivity index (χ4v) is 4.12. The van der Waals surface area contributed by atoms with Crippen molar-refractivity contribution in [2.75, 3.05) is 4.72 Å². The maximum Gasteiger partial charge on any atom is 0.264 e. The predicted molar refractivity (Wildman–Crippen MR) is 102 cm³/mol. The Bertz CT molecular complexity index is 1110. The Morgan fingerprint density at radius 2 is 1.69 bits per heavy atom. The number of hydrogen-bond donors (Lipinski definition) is 2. The molecule has 0 bridgehead atoms. The van der Waals surface area contributed by atoms with E-state index < -0.39 is 10.0 Å². The molecular weight excluding hydrogens is 350 g/mol. The maximum absolute atomic E-state index is 13.0. The Hall–Kier alpha value is -2.93. The van der Waals surface area contributed by atoms with Gasteiger partial charge in [0.15, 0.2) is 0 Å². The largest absolute Gasteiger partial charge is 0.279 e. The highest BCUT2D eigenvalue weighted by Gasteiger charge is 2.20. The van der Waals surface area contributed by atoms with Crippen LogP contribution in [-0.2, 0) is 10.0 Å². The van der Waals surface area contributed by atoms with Crippen molar-refractivity contribution in [1.82, 2.24) is 10.2 Å². The molecule has 0 aliphatic rings. The average molecular weight is 369 g/mol. The zero-order chi connectivity index (χ0) is 18.9. The molecule has 3 aromatic rings. The highest BCUT2D eigenvalue weighted by atomic mass is 32.2. The van der Waals surface area contributed by atoms with Crippen molar-refractivity contribution in [2.24, 2.45) is 0 Å². The summed E-state index contributed by atoms with van der Waals surface area (Å²) in [6.45, 7) is 5.46. The summed E-state index contributed by atoms with van der Waals surface area (Å²) >= 11 is 0. The molecule has 0 radical (unpaired) electrons. The molecule has 0 atom stereocenters. The SMILES string of the molecule is Cc1ccccc1NS(=O)(=O)c1cc(-c2ccc(=O)[nH]n2)cc(C)c1C. The van der Waals surface area contributed by atoms with Crippen molar-refractivity contribution in [3.63, 3.8) is 0 Å². The minimum absolute atomic E-state index is 0.184. The molecule has 0 fully saturated rings. The first-order valence-electron chi connectivity index (χ1n) is 8.04. The number of anilines is 1. The summed E-state index contributed by atoms with van der Waals surface area (Å²) in [5.41, 5.74) is 3.67. The fourth-order valence-electron chi connectivity index (χ4n) is 2.65. The summed E-state index contributed by atoms with van der Waals surface area (Å²) in [6.07, 6.45) is 0. The second-order valence-corrected chi connectivity index (χ2v) is 7.79. The van der Waals surface area contributed by atoms with Gasteiger partial charge in [0.2, 0.25) is 0 Å². The Balaban J connectivity index is 2.10. The van der Waals surface area contributed by atoms with Gasteiger partial charge in [-0.25, -0.2) is 13.5 Å². The lowest BCUT2D eigenvalue weighted by Crippen LogP contribution is -2.16. The van der Waals surface area contributed by atoms with E-state index in [9.17, 15) is 13.2 Å². The van der Waals surface area contributed by atoms with E-state index in [1.165, 1.54) is 6.07 Å². The van der Waals surface area contributed by atoms with Crippen LogP contribution < -0.4 is 10.3 Å². The molecule has 2 aromatic carbocycles. The summed E-state index contributed by atoms with van der Waals surface area (Å²) in [5.74, 6) is 0. The van der Waals surface area contributed by atoms with E-state index in [1.54, 1.807) is 31.2 Å². The predicted octanol–water partition coefficient (Wildman–Crippen LogP) is 3.16. The number of aromatic amines is 1. The van der Waals surface area contributed by atoms with Crippen LogP contribution in [0.1, 0.15) is 16.7 Å². The smallest absolute Gasteiger partial charge is 0.264 e. The Morgan fingerprint density at radius 3 is 2.35 bits per heavy atom. The van der Waals surface area contributed by atoms with Crippen molar-refractivity contribution in [3.05, 3.63) is 75.6 Å². The van der Waals surface area contributed by atoms with Crippen molar-refractivity contribution < 1.29 is 8.42 Å². The van der Waals surface area contributed by atoms with Gasteiger partial charge in [0.1, 0.15) is 0 Å². The van der Waals surface area contributed by atoms with Gasteiger partial charge in [-0.3, -0.25) is 9.52 Å². The van der Waals surface area contributed by atoms with E-state index in [2.05, 4.69) is 14.9 Å². The Labute approximate surface area is 152 Å². The number of aryl methyl sites for hydroxylation is 2. The van der Waals surface area contributed by atoms with Crippen LogP contribution in [0.3, 0.4) is 0 Å². The fraction of sp³-hybridized carbons (Fsp3) is 0.158. The van der Waals surface area contributed by atoms with Gasteiger partial charge in [-0.2, -0.15) is 5.10 Å². The Morgan fingerprint density at radius 1 is 0.962 bits per heavy atom. The van der Waals surface area contributed by atoms with Crippen molar-refractivity contribution in [1.29, 1.82) is 0 Å². The normalized spacial score (nSPS) is 11.3. The molecule has 0 unspecified atom stereocenters. The molecule has 2 N–H and O–H groups in total. The van der Waals surface area contributed by atoms with E-state index in [-0.39, 0.29) is 10.5 Å². The van der Waals surface area contributed by atoms with Crippen LogP contribution in [0.2, 0.25) is 0 Å². The van der Waals surface area contributed by atoms with Crippen LogP contribution in [0.5, 0.6) is 0 Å². The van der Waals surface area contributed by atoms with Gasteiger partial charge < -0.3 is 0 Å². The number of aromatic nitrogens is 2. The third-order valence-corrected chi connectivity index (χ3v) is 5.77. The molecule has 1 heterocycles. The molecule has 0 spiro atoms. The van der Waals surface area contributed by atoms with E-state index in [1.807, 2.05) is 32.0 Å². The van der Waals surface area contributed by atoms with Crippen LogP contribution in [0.15, 0.2) is 58.2 Å². The summed E-state index contributed by atoms with van der Waals surface area (Å²) in [5, 5.41) is 6.36. The van der Waals surface area contributed by atoms with E-state index in [4.69, 9.17) is 0 Å². The first-order chi connectivity index (χ1) is 12.3. The molecular formula is C19H19N3O3S. The topological polar surface area (TPSA) is 91.9 Å². The Kier molecular flexibility index (Phi) is 4.65. The summed E-state index contributed by atoms with van der Waals surface area (Å²) in [6, 6.07) is 13.5. The quantitative estimate of drug-likeness (QED) is 0.739. The van der Waals surface area contributed by atoms with Crippen molar-refractivity contribution in [2.45, 2.75) is 25.7 Å². The van der Waals surface area contributed by atoms with Gasteiger partial charge in [-0.05, 0) is 61.7 Å². The number of benzene rings is 2. The first kappa shape index (κ1) is 17.9. The van der Waals surface area contributed by atoms with Gasteiger partial charge in [0.05, 0.1) is 16.3 Å². The number of hydrogen-bond acceptors (Lipinski definition) is 4. The number of sulfonamides is 1. The molecule has 6 nitrogen and oxygen atoms in total. The van der Waals surface area contributed by atoms with Crippen LogP contribution in [-0.4, -0.2) is 18.6 Å². The molecule has 3 rings (SSSR count). The third-order valence-electron chi connectivity index (χ3n) is 4.27. The van der Waals surface area contributed by atoms with Crippen LogP contribution in [0.25, 0.3) is 11.3 Å². The zero-order valence-corrected chi connectivity index (χ0v) is 15.5. The monoisotopic (exact) mass is 369 g/mol. The van der Waals surface area contributed by atoms with Crippen molar-refractivity contribution >= 4 is 15.7 Å². The number of H-pyrrole nitrogens is 1. The molecule has 1 aromatic heterocycles. The second kappa shape index (κ2) is 6.76. The van der Waals surface area contributed by atoms with Crippen molar-refractivity contribution in [3.8, 4) is 11.3 Å². The van der Waals surface area contributed by atoms with E-state index >= 15 is 0 Å². The molecule has 134 valence electrons. The zero-order valence-electron chi connectivity index (χ0n) is 14.7. The maximum atomic E-state index is 13.0. The lowest BCUT2D eigenvalue weighted by atomic mass is 10.0. The van der Waals surface area contributed by atoms with Crippen LogP contribution >= 0.6 is 0 Å². The average Bonchev–Trinajstić information content (AvgIpc) is 2.59. The number of nitrogens with zero attached hydrogens (tertiary/aromatic N) is 1. The number of nitrogens with one attached hydrogen (secondary N) is 2. The lowest BCUT2D eigenvalue weighted by molar-refractivity contribution is 0.600. The molecule has 0 amide bonds. The van der Waals surface area contributed by atoms with Crippen LogP contribution in [0, 0.1) is 20.8 Å². The third kappa shape index (κ3) is 3.52. The molecule has 0 aliphatic carbocycles.